The van der Waals surface area contributed by atoms with E-state index in [2.05, 4.69) is 14.8 Å². The highest BCUT2D eigenvalue weighted by atomic mass is 16.5. The zero-order chi connectivity index (χ0) is 17.6. The molecule has 0 aromatic rings. The molecule has 1 rings (SSSR count). The van der Waals surface area contributed by atoms with Gasteiger partial charge in [0.05, 0.1) is 14.2 Å². The number of carbonyl (C=O) groups is 4. The number of carboxylic acids is 1. The molecule has 0 aliphatic carbocycles. The molecule has 9 nitrogen and oxygen atoms in total. The largest absolute Gasteiger partial charge is 0.480 e. The van der Waals surface area contributed by atoms with Crippen molar-refractivity contribution in [3.8, 4) is 0 Å². The summed E-state index contributed by atoms with van der Waals surface area (Å²) in [5.41, 5.74) is 0. The minimum atomic E-state index is -1.46. The fourth-order valence-electron chi connectivity index (χ4n) is 2.42. The van der Waals surface area contributed by atoms with Crippen LogP contribution in [0.15, 0.2) is 0 Å². The fourth-order valence-corrected chi connectivity index (χ4v) is 2.42. The van der Waals surface area contributed by atoms with E-state index in [1.54, 1.807) is 0 Å². The second-order valence-electron chi connectivity index (χ2n) is 5.21. The maximum Gasteiger partial charge on any atom is 0.326 e. The number of carboxylic acid groups (broad SMARTS) is 1. The first-order chi connectivity index (χ1) is 10.8. The molecule has 1 amide bonds. The highest BCUT2D eigenvalue weighted by Crippen LogP contribution is 2.21. The van der Waals surface area contributed by atoms with Gasteiger partial charge in [-0.2, -0.15) is 0 Å². The maximum atomic E-state index is 12.0. The van der Waals surface area contributed by atoms with Crippen LogP contribution in [0.5, 0.6) is 0 Å². The lowest BCUT2D eigenvalue weighted by Gasteiger charge is -2.26. The molecule has 2 N–H and O–H groups in total. The summed E-state index contributed by atoms with van der Waals surface area (Å²) in [6, 6.07) is -1.46. The standard InChI is InChI=1S/C14H21NO8/c1-7(9(13(19)21-2)14(20)22-3)10(12(17)18)15-11(16)8-5-4-6-23-8/h7-10H,4-6H2,1-3H3,(H,15,16)(H,17,18)/t7-,8-,10-/m0/s1. The van der Waals surface area contributed by atoms with Gasteiger partial charge in [0.1, 0.15) is 12.1 Å². The van der Waals surface area contributed by atoms with E-state index < -0.39 is 47.8 Å². The molecule has 0 spiro atoms. The summed E-state index contributed by atoms with van der Waals surface area (Å²) in [7, 11) is 2.15. The van der Waals surface area contributed by atoms with Crippen LogP contribution in [0, 0.1) is 11.8 Å². The van der Waals surface area contributed by atoms with Crippen molar-refractivity contribution in [3.63, 3.8) is 0 Å². The fraction of sp³-hybridized carbons (Fsp3) is 0.714. The first kappa shape index (κ1) is 18.9. The molecule has 23 heavy (non-hydrogen) atoms. The molecule has 0 aromatic carbocycles. The molecule has 0 unspecified atom stereocenters. The molecule has 1 heterocycles. The summed E-state index contributed by atoms with van der Waals surface area (Å²) < 4.78 is 14.2. The summed E-state index contributed by atoms with van der Waals surface area (Å²) in [6.07, 6.45) is 0.473. The predicted molar refractivity (Wildman–Crippen MR) is 75.2 cm³/mol. The van der Waals surface area contributed by atoms with Gasteiger partial charge in [-0.3, -0.25) is 14.4 Å². The van der Waals surface area contributed by atoms with E-state index in [-0.39, 0.29) is 0 Å². The van der Waals surface area contributed by atoms with Crippen molar-refractivity contribution in [2.45, 2.75) is 31.9 Å². The molecule has 0 bridgehead atoms. The lowest BCUT2D eigenvalue weighted by atomic mass is 9.87. The molecule has 1 aliphatic rings. The molecule has 1 saturated heterocycles. The number of carbonyl (C=O) groups excluding carboxylic acids is 3. The number of hydrogen-bond donors (Lipinski definition) is 2. The summed E-state index contributed by atoms with van der Waals surface area (Å²) in [4.78, 5) is 47.0. The number of nitrogens with one attached hydrogen (secondary N) is 1. The Morgan fingerprint density at radius 3 is 2.13 bits per heavy atom. The first-order valence-corrected chi connectivity index (χ1v) is 7.13. The zero-order valence-corrected chi connectivity index (χ0v) is 13.2. The number of aliphatic carboxylic acids is 1. The van der Waals surface area contributed by atoms with E-state index in [4.69, 9.17) is 4.74 Å². The Labute approximate surface area is 133 Å². The van der Waals surface area contributed by atoms with Crippen molar-refractivity contribution in [1.29, 1.82) is 0 Å². The molecule has 130 valence electrons. The Morgan fingerprint density at radius 2 is 1.74 bits per heavy atom. The average Bonchev–Trinajstić information content (AvgIpc) is 3.05. The van der Waals surface area contributed by atoms with Crippen LogP contribution in [0.1, 0.15) is 19.8 Å². The third-order valence-electron chi connectivity index (χ3n) is 3.75. The number of ether oxygens (including phenoxy) is 3. The quantitative estimate of drug-likeness (QED) is 0.464. The number of methoxy groups -OCH3 is 2. The molecule has 9 heteroatoms. The normalized spacial score (nSPS) is 19.7. The van der Waals surface area contributed by atoms with Gasteiger partial charge in [0, 0.05) is 12.5 Å². The Bertz CT molecular complexity index is 455. The highest BCUT2D eigenvalue weighted by molar-refractivity contribution is 5.96. The van der Waals surface area contributed by atoms with Crippen molar-refractivity contribution >= 4 is 23.8 Å². The molecule has 1 aliphatic heterocycles. The van der Waals surface area contributed by atoms with E-state index in [0.29, 0.717) is 19.4 Å². The van der Waals surface area contributed by atoms with Crippen LogP contribution < -0.4 is 5.32 Å². The maximum absolute atomic E-state index is 12.0. The van der Waals surface area contributed by atoms with Crippen molar-refractivity contribution in [2.24, 2.45) is 11.8 Å². The van der Waals surface area contributed by atoms with E-state index >= 15 is 0 Å². The highest BCUT2D eigenvalue weighted by Gasteiger charge is 2.42. The monoisotopic (exact) mass is 331 g/mol. The van der Waals surface area contributed by atoms with Gasteiger partial charge in [-0.25, -0.2) is 4.79 Å². The molecular formula is C14H21NO8. The van der Waals surface area contributed by atoms with E-state index in [9.17, 15) is 24.3 Å². The number of hydrogen-bond acceptors (Lipinski definition) is 7. The van der Waals surface area contributed by atoms with Gasteiger partial charge in [0.25, 0.3) is 0 Å². The second kappa shape index (κ2) is 8.47. The Morgan fingerprint density at radius 1 is 1.17 bits per heavy atom. The zero-order valence-electron chi connectivity index (χ0n) is 13.2. The number of esters is 2. The molecule has 0 saturated carbocycles. The van der Waals surface area contributed by atoms with Crippen molar-refractivity contribution in [1.82, 2.24) is 5.32 Å². The van der Waals surface area contributed by atoms with E-state index in [1.807, 2.05) is 0 Å². The van der Waals surface area contributed by atoms with E-state index in [0.717, 1.165) is 14.2 Å². The summed E-state index contributed by atoms with van der Waals surface area (Å²) in [6.45, 7) is 1.78. The Balaban J connectivity index is 2.92. The van der Waals surface area contributed by atoms with Crippen LogP contribution in [-0.4, -0.2) is 61.9 Å². The van der Waals surface area contributed by atoms with Crippen LogP contribution in [0.4, 0.5) is 0 Å². The van der Waals surface area contributed by atoms with E-state index in [1.165, 1.54) is 6.92 Å². The minimum Gasteiger partial charge on any atom is -0.480 e. The van der Waals surface area contributed by atoms with Crippen molar-refractivity contribution in [2.75, 3.05) is 20.8 Å². The third kappa shape index (κ3) is 4.65. The lowest BCUT2D eigenvalue weighted by Crippen LogP contribution is -2.52. The van der Waals surface area contributed by atoms with Crippen LogP contribution in [-0.2, 0) is 33.4 Å². The molecule has 0 radical (unpaired) electrons. The summed E-state index contributed by atoms with van der Waals surface area (Å²) in [5, 5.41) is 11.7. The van der Waals surface area contributed by atoms with Crippen LogP contribution in [0.2, 0.25) is 0 Å². The van der Waals surface area contributed by atoms with Gasteiger partial charge in [-0.1, -0.05) is 6.92 Å². The van der Waals surface area contributed by atoms with Gasteiger partial charge in [0.15, 0.2) is 5.92 Å². The van der Waals surface area contributed by atoms with Gasteiger partial charge in [0.2, 0.25) is 5.91 Å². The smallest absolute Gasteiger partial charge is 0.326 e. The van der Waals surface area contributed by atoms with Gasteiger partial charge in [-0.15, -0.1) is 0 Å². The molecular weight excluding hydrogens is 310 g/mol. The second-order valence-corrected chi connectivity index (χ2v) is 5.21. The molecule has 3 atom stereocenters. The predicted octanol–water partition coefficient (Wildman–Crippen LogP) is -0.667. The van der Waals surface area contributed by atoms with Crippen molar-refractivity contribution in [3.05, 3.63) is 0 Å². The summed E-state index contributed by atoms with van der Waals surface area (Å²) in [5.74, 6) is -6.35. The van der Waals surface area contributed by atoms with Gasteiger partial charge < -0.3 is 24.6 Å². The van der Waals surface area contributed by atoms with Gasteiger partial charge in [-0.05, 0) is 12.8 Å². The van der Waals surface area contributed by atoms with Gasteiger partial charge >= 0.3 is 17.9 Å². The number of amides is 1. The average molecular weight is 331 g/mol. The summed E-state index contributed by atoms with van der Waals surface area (Å²) >= 11 is 0. The lowest BCUT2D eigenvalue weighted by molar-refractivity contribution is -0.163. The first-order valence-electron chi connectivity index (χ1n) is 7.13. The third-order valence-corrected chi connectivity index (χ3v) is 3.75. The SMILES string of the molecule is COC(=O)C(C(=O)OC)[C@H](C)[C@H](NC(=O)[C@@H]1CCCO1)C(=O)O. The van der Waals surface area contributed by atoms with Crippen molar-refractivity contribution < 1.29 is 38.5 Å². The molecule has 1 fully saturated rings. The minimum absolute atomic E-state index is 0.429. The Kier molecular flexibility index (Phi) is 6.95. The van der Waals surface area contributed by atoms with Crippen LogP contribution >= 0.6 is 0 Å². The molecule has 0 aromatic heterocycles. The van der Waals surface area contributed by atoms with Crippen LogP contribution in [0.3, 0.4) is 0 Å². The van der Waals surface area contributed by atoms with Crippen LogP contribution in [0.25, 0.3) is 0 Å². The Hall–Kier alpha value is -2.16. The number of rotatable bonds is 7. The topological polar surface area (TPSA) is 128 Å².